The Kier molecular flexibility index (Phi) is 5.84. The first-order valence-electron chi connectivity index (χ1n) is 8.78. The number of hydrazine groups is 1. The van der Waals surface area contributed by atoms with Crippen LogP contribution in [0.2, 0.25) is 0 Å². The summed E-state index contributed by atoms with van der Waals surface area (Å²) in [6.07, 6.45) is -1.13. The van der Waals surface area contributed by atoms with E-state index in [0.717, 1.165) is 37.9 Å². The molecule has 6 heteroatoms. The lowest BCUT2D eigenvalue weighted by molar-refractivity contribution is -0.137. The Morgan fingerprint density at radius 2 is 1.88 bits per heavy atom. The molecule has 1 fully saturated rings. The number of rotatable bonds is 5. The van der Waals surface area contributed by atoms with Crippen LogP contribution in [0.5, 0.6) is 5.75 Å². The molecule has 0 aliphatic carbocycles. The summed E-state index contributed by atoms with van der Waals surface area (Å²) in [5.41, 5.74) is 4.38. The molecule has 1 aliphatic rings. The Morgan fingerprint density at radius 1 is 1.12 bits per heavy atom. The van der Waals surface area contributed by atoms with Crippen LogP contribution in [0.25, 0.3) is 0 Å². The number of nitrogens with one attached hydrogen (secondary N) is 1. The molecule has 0 amide bonds. The molecule has 0 aromatic heterocycles. The van der Waals surface area contributed by atoms with Crippen LogP contribution in [0.1, 0.15) is 42.0 Å². The van der Waals surface area contributed by atoms with Crippen LogP contribution in [0, 0.1) is 0 Å². The Morgan fingerprint density at radius 3 is 2.58 bits per heavy atom. The molecule has 1 heterocycles. The minimum absolute atomic E-state index is 0.224. The highest BCUT2D eigenvalue weighted by atomic mass is 19.4. The molecule has 26 heavy (non-hydrogen) atoms. The van der Waals surface area contributed by atoms with E-state index in [0.29, 0.717) is 11.3 Å². The number of ether oxygens (including phenoxy) is 1. The van der Waals surface area contributed by atoms with Gasteiger partial charge in [-0.3, -0.25) is 5.43 Å². The maximum Gasteiger partial charge on any atom is 0.416 e. The van der Waals surface area contributed by atoms with Gasteiger partial charge in [-0.05, 0) is 36.6 Å². The van der Waals surface area contributed by atoms with Crippen molar-refractivity contribution in [2.75, 3.05) is 13.7 Å². The van der Waals surface area contributed by atoms with Gasteiger partial charge in [-0.1, -0.05) is 36.8 Å². The van der Waals surface area contributed by atoms with Crippen LogP contribution >= 0.6 is 0 Å². The van der Waals surface area contributed by atoms with E-state index in [-0.39, 0.29) is 12.6 Å². The van der Waals surface area contributed by atoms with Crippen LogP contribution in [0.3, 0.4) is 0 Å². The summed E-state index contributed by atoms with van der Waals surface area (Å²) in [6.45, 7) is 1.15. The Balaban J connectivity index is 1.76. The van der Waals surface area contributed by atoms with Gasteiger partial charge in [0.1, 0.15) is 5.75 Å². The van der Waals surface area contributed by atoms with E-state index in [2.05, 4.69) is 22.6 Å². The highest BCUT2D eigenvalue weighted by molar-refractivity contribution is 5.38. The van der Waals surface area contributed by atoms with Crippen LogP contribution < -0.4 is 10.2 Å². The molecule has 2 aromatic carbocycles. The van der Waals surface area contributed by atoms with Crippen molar-refractivity contribution < 1.29 is 17.9 Å². The van der Waals surface area contributed by atoms with Crippen molar-refractivity contribution in [3.63, 3.8) is 0 Å². The minimum atomic E-state index is -4.36. The van der Waals surface area contributed by atoms with E-state index < -0.39 is 11.7 Å². The maximum atomic E-state index is 13.0. The van der Waals surface area contributed by atoms with Gasteiger partial charge in [0.25, 0.3) is 0 Å². The third kappa shape index (κ3) is 4.37. The fourth-order valence-corrected chi connectivity index (χ4v) is 3.42. The molecule has 1 unspecified atom stereocenters. The lowest BCUT2D eigenvalue weighted by Gasteiger charge is -2.36. The summed E-state index contributed by atoms with van der Waals surface area (Å²) < 4.78 is 44.3. The van der Waals surface area contributed by atoms with Gasteiger partial charge in [0, 0.05) is 24.7 Å². The van der Waals surface area contributed by atoms with Gasteiger partial charge in [-0.15, -0.1) is 0 Å². The van der Waals surface area contributed by atoms with Gasteiger partial charge in [0.05, 0.1) is 12.7 Å². The second-order valence-corrected chi connectivity index (χ2v) is 6.47. The highest BCUT2D eigenvalue weighted by Crippen LogP contribution is 2.33. The summed E-state index contributed by atoms with van der Waals surface area (Å²) in [5, 5.41) is 2.14. The van der Waals surface area contributed by atoms with E-state index in [1.165, 1.54) is 18.7 Å². The first-order chi connectivity index (χ1) is 12.5. The number of benzene rings is 2. The number of hydrogen-bond acceptors (Lipinski definition) is 3. The van der Waals surface area contributed by atoms with Gasteiger partial charge < -0.3 is 4.74 Å². The molecule has 140 valence electrons. The third-order valence-corrected chi connectivity index (χ3v) is 4.77. The molecule has 2 aromatic rings. The first kappa shape index (κ1) is 18.7. The third-order valence-electron chi connectivity index (χ3n) is 4.77. The lowest BCUT2D eigenvalue weighted by Crippen LogP contribution is -2.43. The molecule has 1 aliphatic heterocycles. The molecule has 1 saturated heterocycles. The standard InChI is InChI=1S/C20H23F3N2O/c1-26-19-11-10-17(20(21,22)23)13-16(19)14-24-25-12-6-5-9-18(25)15-7-3-2-4-8-15/h2-4,7-8,10-11,13,18,24H,5-6,9,12,14H2,1H3. The number of methoxy groups -OCH3 is 1. The van der Waals surface area contributed by atoms with Crippen molar-refractivity contribution in [2.45, 2.75) is 38.0 Å². The van der Waals surface area contributed by atoms with E-state index in [4.69, 9.17) is 4.74 Å². The number of hydrogen-bond donors (Lipinski definition) is 1. The van der Waals surface area contributed by atoms with Gasteiger partial charge >= 0.3 is 6.18 Å². The summed E-state index contributed by atoms with van der Waals surface area (Å²) in [5.74, 6) is 0.457. The number of alkyl halides is 3. The van der Waals surface area contributed by atoms with E-state index in [1.807, 2.05) is 18.2 Å². The summed E-state index contributed by atoms with van der Waals surface area (Å²) >= 11 is 0. The van der Waals surface area contributed by atoms with Crippen molar-refractivity contribution in [3.05, 3.63) is 65.2 Å². The summed E-state index contributed by atoms with van der Waals surface area (Å²) in [6, 6.07) is 14.0. The molecule has 0 spiro atoms. The number of piperidine rings is 1. The smallest absolute Gasteiger partial charge is 0.416 e. The quantitative estimate of drug-likeness (QED) is 0.813. The minimum Gasteiger partial charge on any atom is -0.496 e. The molecule has 1 atom stereocenters. The molecule has 0 radical (unpaired) electrons. The van der Waals surface area contributed by atoms with Gasteiger partial charge in [-0.2, -0.15) is 13.2 Å². The Bertz CT molecular complexity index is 719. The fourth-order valence-electron chi connectivity index (χ4n) is 3.42. The van der Waals surface area contributed by atoms with Crippen LogP contribution in [-0.2, 0) is 12.7 Å². The predicted octanol–water partition coefficient (Wildman–Crippen LogP) is 4.95. The largest absolute Gasteiger partial charge is 0.496 e. The summed E-state index contributed by atoms with van der Waals surface area (Å²) in [4.78, 5) is 0. The van der Waals surface area contributed by atoms with E-state index in [1.54, 1.807) is 0 Å². The number of halogens is 3. The average molecular weight is 364 g/mol. The van der Waals surface area contributed by atoms with Crippen molar-refractivity contribution in [2.24, 2.45) is 0 Å². The van der Waals surface area contributed by atoms with Crippen LogP contribution in [-0.4, -0.2) is 18.7 Å². The lowest BCUT2D eigenvalue weighted by atomic mass is 9.97. The van der Waals surface area contributed by atoms with Crippen LogP contribution in [0.15, 0.2) is 48.5 Å². The molecular weight excluding hydrogens is 341 g/mol. The van der Waals surface area contributed by atoms with Gasteiger partial charge in [-0.25, -0.2) is 5.01 Å². The second-order valence-electron chi connectivity index (χ2n) is 6.47. The van der Waals surface area contributed by atoms with Crippen LogP contribution in [0.4, 0.5) is 13.2 Å². The average Bonchev–Trinajstić information content (AvgIpc) is 2.66. The highest BCUT2D eigenvalue weighted by Gasteiger charge is 2.31. The van der Waals surface area contributed by atoms with Gasteiger partial charge in [0.15, 0.2) is 0 Å². The van der Waals surface area contributed by atoms with Crippen molar-refractivity contribution >= 4 is 0 Å². The zero-order chi connectivity index (χ0) is 18.6. The van der Waals surface area contributed by atoms with Crippen molar-refractivity contribution in [1.82, 2.24) is 10.4 Å². The monoisotopic (exact) mass is 364 g/mol. The van der Waals surface area contributed by atoms with Crippen molar-refractivity contribution in [3.8, 4) is 5.75 Å². The SMILES string of the molecule is COc1ccc(C(F)(F)F)cc1CNN1CCCCC1c1ccccc1. The Hall–Kier alpha value is -2.05. The molecule has 3 rings (SSSR count). The predicted molar refractivity (Wildman–Crippen MR) is 94.6 cm³/mol. The molecule has 0 saturated carbocycles. The number of nitrogens with zero attached hydrogens (tertiary/aromatic N) is 1. The molecular formula is C20H23F3N2O. The van der Waals surface area contributed by atoms with Gasteiger partial charge in [0.2, 0.25) is 0 Å². The van der Waals surface area contributed by atoms with E-state index >= 15 is 0 Å². The fraction of sp³-hybridized carbons (Fsp3) is 0.400. The molecule has 3 nitrogen and oxygen atoms in total. The molecule has 0 bridgehead atoms. The topological polar surface area (TPSA) is 24.5 Å². The Labute approximate surface area is 151 Å². The summed E-state index contributed by atoms with van der Waals surface area (Å²) in [7, 11) is 1.47. The normalized spacial score (nSPS) is 18.7. The zero-order valence-electron chi connectivity index (χ0n) is 14.7. The van der Waals surface area contributed by atoms with E-state index in [9.17, 15) is 13.2 Å². The van der Waals surface area contributed by atoms with Crippen molar-refractivity contribution in [1.29, 1.82) is 0 Å². The zero-order valence-corrected chi connectivity index (χ0v) is 14.7. The maximum absolute atomic E-state index is 13.0. The first-order valence-corrected chi connectivity index (χ1v) is 8.78. The molecule has 1 N–H and O–H groups in total. The second kappa shape index (κ2) is 8.10.